The molecule has 34 heavy (non-hydrogen) atoms. The first-order valence-electron chi connectivity index (χ1n) is 10.9. The number of aromatic nitrogens is 1. The van der Waals surface area contributed by atoms with Crippen LogP contribution in [-0.2, 0) is 18.0 Å². The van der Waals surface area contributed by atoms with Crippen LogP contribution >= 0.6 is 0 Å². The molecule has 180 valence electrons. The number of nitrogens with zero attached hydrogens (tertiary/aromatic N) is 1. The highest BCUT2D eigenvalue weighted by molar-refractivity contribution is 7.87. The minimum atomic E-state index is -1.43. The lowest BCUT2D eigenvalue weighted by Gasteiger charge is -2.18. The summed E-state index contributed by atoms with van der Waals surface area (Å²) in [6.45, 7) is 3.49. The molecule has 3 atom stereocenters. The number of halogens is 1. The number of hydrogen-bond donors (Lipinski definition) is 2. The number of methoxy groups -OCH3 is 2. The van der Waals surface area contributed by atoms with E-state index in [-0.39, 0.29) is 22.4 Å². The van der Waals surface area contributed by atoms with Gasteiger partial charge in [0.1, 0.15) is 22.6 Å². The van der Waals surface area contributed by atoms with E-state index < -0.39 is 16.8 Å². The average molecular weight is 486 g/mol. The molecular formula is C25H28FN3O4S. The zero-order valence-electron chi connectivity index (χ0n) is 19.8. The molecule has 3 aromatic rings. The van der Waals surface area contributed by atoms with Crippen LogP contribution in [-0.4, -0.2) is 28.2 Å². The van der Waals surface area contributed by atoms with Crippen molar-refractivity contribution in [1.82, 2.24) is 4.57 Å². The lowest BCUT2D eigenvalue weighted by atomic mass is 10.1. The number of nitrogens with one attached hydrogen (secondary N) is 2. The van der Waals surface area contributed by atoms with Crippen LogP contribution in [0.5, 0.6) is 11.5 Å². The number of pyridine rings is 1. The molecule has 1 saturated carbocycles. The molecule has 3 unspecified atom stereocenters. The molecule has 1 aliphatic carbocycles. The molecular weight excluding hydrogens is 457 g/mol. The van der Waals surface area contributed by atoms with E-state index in [2.05, 4.69) is 10.0 Å². The molecule has 1 heterocycles. The second kappa shape index (κ2) is 9.50. The first kappa shape index (κ1) is 23.8. The van der Waals surface area contributed by atoms with Crippen molar-refractivity contribution >= 4 is 28.2 Å². The Morgan fingerprint density at radius 2 is 1.76 bits per heavy atom. The lowest BCUT2D eigenvalue weighted by molar-refractivity contribution is 0.354. The van der Waals surface area contributed by atoms with Crippen molar-refractivity contribution in [3.63, 3.8) is 0 Å². The Kier molecular flexibility index (Phi) is 6.65. The van der Waals surface area contributed by atoms with Gasteiger partial charge in [-0.2, -0.15) is 0 Å². The molecule has 0 aliphatic heterocycles. The van der Waals surface area contributed by atoms with Crippen LogP contribution in [0, 0.1) is 19.7 Å². The molecule has 0 bridgehead atoms. The summed E-state index contributed by atoms with van der Waals surface area (Å²) >= 11 is 0. The van der Waals surface area contributed by atoms with Crippen LogP contribution in [0.3, 0.4) is 0 Å². The monoisotopic (exact) mass is 485 g/mol. The topological polar surface area (TPSA) is 81.6 Å². The third kappa shape index (κ3) is 4.65. The summed E-state index contributed by atoms with van der Waals surface area (Å²) in [6.07, 6.45) is 0.745. The van der Waals surface area contributed by atoms with E-state index in [1.165, 1.54) is 10.6 Å². The van der Waals surface area contributed by atoms with Crippen molar-refractivity contribution in [3.05, 3.63) is 75.3 Å². The van der Waals surface area contributed by atoms with Gasteiger partial charge in [0.05, 0.1) is 30.8 Å². The SMILES string of the molecule is COc1ccc(C2CC2S(=O)Nc2cc(C)c(=O)n(C)c2Nc2ccc(C)cc2F)cc1OC. The van der Waals surface area contributed by atoms with E-state index in [0.29, 0.717) is 28.6 Å². The second-order valence-electron chi connectivity index (χ2n) is 8.46. The van der Waals surface area contributed by atoms with Crippen molar-refractivity contribution in [1.29, 1.82) is 0 Å². The van der Waals surface area contributed by atoms with E-state index in [1.54, 1.807) is 53.3 Å². The fraction of sp³-hybridized carbons (Fsp3) is 0.320. The average Bonchev–Trinajstić information content (AvgIpc) is 3.62. The van der Waals surface area contributed by atoms with Crippen molar-refractivity contribution in [2.75, 3.05) is 24.3 Å². The van der Waals surface area contributed by atoms with Gasteiger partial charge in [0.2, 0.25) is 0 Å². The van der Waals surface area contributed by atoms with E-state index in [0.717, 1.165) is 17.5 Å². The highest BCUT2D eigenvalue weighted by atomic mass is 32.2. The normalized spacial score (nSPS) is 17.7. The van der Waals surface area contributed by atoms with Crippen molar-refractivity contribution in [3.8, 4) is 11.5 Å². The standard InChI is InChI=1S/C25H28FN3O4S/c1-14-6-8-19(18(26)10-14)27-24-20(11-15(2)25(30)29(24)3)28-34(31)23-13-17(23)16-7-9-21(32-4)22(12-16)33-5/h6-12,17,23,27-28H,13H2,1-5H3. The van der Waals surface area contributed by atoms with Gasteiger partial charge in [-0.15, -0.1) is 0 Å². The Hall–Kier alpha value is -3.33. The first-order valence-corrected chi connectivity index (χ1v) is 12.1. The van der Waals surface area contributed by atoms with Gasteiger partial charge in [0.25, 0.3) is 5.56 Å². The van der Waals surface area contributed by atoms with Crippen LogP contribution in [0.1, 0.15) is 29.0 Å². The van der Waals surface area contributed by atoms with Crippen LogP contribution < -0.4 is 25.1 Å². The number of aryl methyl sites for hydroxylation is 2. The summed E-state index contributed by atoms with van der Waals surface area (Å²) in [5.41, 5.74) is 2.78. The second-order valence-corrected chi connectivity index (χ2v) is 9.86. The number of benzene rings is 2. The highest BCUT2D eigenvalue weighted by Gasteiger charge is 2.44. The summed E-state index contributed by atoms with van der Waals surface area (Å²) < 4.78 is 42.8. The van der Waals surface area contributed by atoms with E-state index in [9.17, 15) is 13.4 Å². The number of rotatable bonds is 8. The quantitative estimate of drug-likeness (QED) is 0.490. The Labute approximate surface area is 200 Å². The van der Waals surface area contributed by atoms with Crippen molar-refractivity contribution in [2.24, 2.45) is 7.05 Å². The molecule has 1 aliphatic rings. The Balaban J connectivity index is 1.58. The van der Waals surface area contributed by atoms with Gasteiger partial charge >= 0.3 is 0 Å². The van der Waals surface area contributed by atoms with Crippen molar-refractivity contribution < 1.29 is 18.1 Å². The maximum Gasteiger partial charge on any atom is 0.254 e. The van der Waals surface area contributed by atoms with Gasteiger partial charge < -0.3 is 19.5 Å². The summed E-state index contributed by atoms with van der Waals surface area (Å²) in [6, 6.07) is 12.1. The zero-order valence-corrected chi connectivity index (χ0v) is 20.6. The Morgan fingerprint density at radius 1 is 1.03 bits per heavy atom. The maximum absolute atomic E-state index is 14.5. The Morgan fingerprint density at radius 3 is 2.44 bits per heavy atom. The molecule has 2 aromatic carbocycles. The van der Waals surface area contributed by atoms with Crippen LogP contribution in [0.4, 0.5) is 21.6 Å². The molecule has 4 rings (SSSR count). The molecule has 0 saturated heterocycles. The minimum Gasteiger partial charge on any atom is -0.493 e. The van der Waals surface area contributed by atoms with Gasteiger partial charge in [-0.1, -0.05) is 12.1 Å². The zero-order chi connectivity index (χ0) is 24.6. The molecule has 9 heteroatoms. The molecule has 1 aromatic heterocycles. The Bertz CT molecular complexity index is 1320. The van der Waals surface area contributed by atoms with Gasteiger partial charge in [-0.3, -0.25) is 9.36 Å². The first-order chi connectivity index (χ1) is 16.2. The fourth-order valence-corrected chi connectivity index (χ4v) is 5.36. The number of anilines is 3. The number of hydrogen-bond acceptors (Lipinski definition) is 5. The summed E-state index contributed by atoms with van der Waals surface area (Å²) in [5, 5.41) is 2.89. The largest absolute Gasteiger partial charge is 0.493 e. The smallest absolute Gasteiger partial charge is 0.254 e. The highest BCUT2D eigenvalue weighted by Crippen LogP contribution is 2.47. The predicted molar refractivity (Wildman–Crippen MR) is 133 cm³/mol. The van der Waals surface area contributed by atoms with Crippen LogP contribution in [0.2, 0.25) is 0 Å². The molecule has 0 spiro atoms. The summed E-state index contributed by atoms with van der Waals surface area (Å²) in [5.74, 6) is 1.28. The minimum absolute atomic E-state index is 0.104. The molecule has 1 fully saturated rings. The third-order valence-corrected chi connectivity index (χ3v) is 7.52. The van der Waals surface area contributed by atoms with E-state index in [1.807, 2.05) is 18.2 Å². The predicted octanol–water partition coefficient (Wildman–Crippen LogP) is 4.53. The molecule has 7 nitrogen and oxygen atoms in total. The van der Waals surface area contributed by atoms with Gasteiger partial charge in [0, 0.05) is 18.5 Å². The lowest BCUT2D eigenvalue weighted by Crippen LogP contribution is -2.24. The van der Waals surface area contributed by atoms with Gasteiger partial charge in [0.15, 0.2) is 11.5 Å². The van der Waals surface area contributed by atoms with Crippen LogP contribution in [0.25, 0.3) is 0 Å². The third-order valence-electron chi connectivity index (χ3n) is 6.02. The molecule has 0 radical (unpaired) electrons. The van der Waals surface area contributed by atoms with Gasteiger partial charge in [-0.25, -0.2) is 8.60 Å². The maximum atomic E-state index is 14.5. The summed E-state index contributed by atoms with van der Waals surface area (Å²) in [7, 11) is 3.33. The molecule has 2 N–H and O–H groups in total. The fourth-order valence-electron chi connectivity index (χ4n) is 4.00. The van der Waals surface area contributed by atoms with Gasteiger partial charge in [-0.05, 0) is 61.7 Å². The van der Waals surface area contributed by atoms with Crippen molar-refractivity contribution in [2.45, 2.75) is 31.4 Å². The van der Waals surface area contributed by atoms with E-state index in [4.69, 9.17) is 9.47 Å². The molecule has 0 amide bonds. The summed E-state index contributed by atoms with van der Waals surface area (Å²) in [4.78, 5) is 12.6. The van der Waals surface area contributed by atoms with Crippen LogP contribution in [0.15, 0.2) is 47.3 Å². The number of ether oxygens (including phenoxy) is 2. The van der Waals surface area contributed by atoms with E-state index >= 15 is 0 Å².